The Kier molecular flexibility index (Phi) is 4.55. The van der Waals surface area contributed by atoms with Gasteiger partial charge in [0.2, 0.25) is 0 Å². The smallest absolute Gasteiger partial charge is 0.192 e. The summed E-state index contributed by atoms with van der Waals surface area (Å²) in [5.41, 5.74) is -4.84. The lowest BCUT2D eigenvalue weighted by atomic mass is 10.0. The summed E-state index contributed by atoms with van der Waals surface area (Å²) in [6, 6.07) is 2.79. The second kappa shape index (κ2) is 5.66. The van der Waals surface area contributed by atoms with Crippen molar-refractivity contribution in [1.29, 1.82) is 10.5 Å². The Bertz CT molecular complexity index is 657. The molecule has 0 unspecified atom stereocenters. The Hall–Kier alpha value is -2.19. The van der Waals surface area contributed by atoms with Crippen molar-refractivity contribution in [2.75, 3.05) is 0 Å². The summed E-state index contributed by atoms with van der Waals surface area (Å²) in [5.74, 6) is 0. The van der Waals surface area contributed by atoms with Crippen LogP contribution in [-0.2, 0) is 12.4 Å². The van der Waals surface area contributed by atoms with E-state index < -0.39 is 39.6 Å². The number of benzene rings is 1. The third-order valence-electron chi connectivity index (χ3n) is 2.29. The van der Waals surface area contributed by atoms with Crippen molar-refractivity contribution in [3.63, 3.8) is 0 Å². The van der Waals surface area contributed by atoms with Crippen molar-refractivity contribution >= 4 is 17.7 Å². The van der Waals surface area contributed by atoms with Crippen LogP contribution < -0.4 is 0 Å². The Morgan fingerprint density at radius 3 is 1.90 bits per heavy atom. The molecule has 0 saturated heterocycles. The van der Waals surface area contributed by atoms with E-state index in [-0.39, 0.29) is 6.07 Å². The van der Waals surface area contributed by atoms with E-state index in [0.717, 1.165) is 0 Å². The van der Waals surface area contributed by atoms with E-state index in [2.05, 4.69) is 0 Å². The maximum Gasteiger partial charge on any atom is 0.417 e. The van der Waals surface area contributed by atoms with Crippen LogP contribution in [0.2, 0.25) is 5.02 Å². The third kappa shape index (κ3) is 3.89. The van der Waals surface area contributed by atoms with Gasteiger partial charge in [-0.25, -0.2) is 0 Å². The van der Waals surface area contributed by atoms with Crippen LogP contribution in [0, 0.1) is 22.7 Å². The van der Waals surface area contributed by atoms with E-state index in [1.807, 2.05) is 0 Å². The zero-order valence-corrected chi connectivity index (χ0v) is 10.5. The molecule has 0 spiro atoms. The number of nitrogens with zero attached hydrogens (tertiary/aromatic N) is 2. The highest BCUT2D eigenvalue weighted by Gasteiger charge is 2.39. The predicted octanol–water partition coefficient (Wildman–Crippen LogP) is 4.81. The molecule has 0 aliphatic heterocycles. The zero-order valence-electron chi connectivity index (χ0n) is 9.77. The molecule has 21 heavy (non-hydrogen) atoms. The lowest BCUT2D eigenvalue weighted by molar-refractivity contribution is -0.143. The van der Waals surface area contributed by atoms with Crippen LogP contribution in [0.3, 0.4) is 0 Å². The molecular formula is C12H3ClF6N2. The number of alkyl halides is 6. The monoisotopic (exact) mass is 324 g/mol. The summed E-state index contributed by atoms with van der Waals surface area (Å²) >= 11 is 5.44. The van der Waals surface area contributed by atoms with Crippen LogP contribution in [0.15, 0.2) is 17.7 Å². The maximum atomic E-state index is 12.8. The van der Waals surface area contributed by atoms with E-state index in [1.165, 1.54) is 12.1 Å². The van der Waals surface area contributed by atoms with Gasteiger partial charge in [-0.05, 0) is 18.2 Å². The summed E-state index contributed by atoms with van der Waals surface area (Å²) in [5, 5.41) is 16.2. The molecule has 1 rings (SSSR count). The molecule has 9 heteroatoms. The van der Waals surface area contributed by atoms with E-state index in [4.69, 9.17) is 22.1 Å². The highest BCUT2D eigenvalue weighted by Crippen LogP contribution is 2.41. The Labute approximate surface area is 119 Å². The standard InChI is InChI=1S/C12H3ClF6N2/c13-10-3-7(11(14,15)16)2-9(12(17,18)19)8(10)1-6(4-20)5-21/h1-3H. The molecule has 0 atom stereocenters. The summed E-state index contributed by atoms with van der Waals surface area (Å²) in [7, 11) is 0. The predicted molar refractivity (Wildman–Crippen MR) is 60.7 cm³/mol. The molecule has 0 N–H and O–H groups in total. The van der Waals surface area contributed by atoms with Crippen molar-refractivity contribution < 1.29 is 26.3 Å². The van der Waals surface area contributed by atoms with Gasteiger partial charge < -0.3 is 0 Å². The lowest BCUT2D eigenvalue weighted by Gasteiger charge is -2.15. The quantitative estimate of drug-likeness (QED) is 0.550. The first-order valence-corrected chi connectivity index (χ1v) is 5.38. The molecule has 2 nitrogen and oxygen atoms in total. The SMILES string of the molecule is N#CC(C#N)=Cc1c(Cl)cc(C(F)(F)F)cc1C(F)(F)F. The molecular weight excluding hydrogens is 322 g/mol. The van der Waals surface area contributed by atoms with Gasteiger partial charge in [-0.1, -0.05) is 11.6 Å². The molecule has 0 fully saturated rings. The van der Waals surface area contributed by atoms with Crippen LogP contribution >= 0.6 is 11.6 Å². The number of hydrogen-bond donors (Lipinski definition) is 0. The largest absolute Gasteiger partial charge is 0.417 e. The number of hydrogen-bond acceptors (Lipinski definition) is 2. The van der Waals surface area contributed by atoms with Gasteiger partial charge in [0.25, 0.3) is 0 Å². The molecule has 0 saturated carbocycles. The van der Waals surface area contributed by atoms with Crippen molar-refractivity contribution in [2.45, 2.75) is 12.4 Å². The average molecular weight is 325 g/mol. The van der Waals surface area contributed by atoms with E-state index in [0.29, 0.717) is 12.1 Å². The fourth-order valence-corrected chi connectivity index (χ4v) is 1.67. The summed E-state index contributed by atoms with van der Waals surface area (Å²) in [4.78, 5) is 0. The van der Waals surface area contributed by atoms with Gasteiger partial charge in [0.1, 0.15) is 17.7 Å². The van der Waals surface area contributed by atoms with Gasteiger partial charge in [-0.15, -0.1) is 0 Å². The summed E-state index contributed by atoms with van der Waals surface area (Å²) < 4.78 is 76.1. The van der Waals surface area contributed by atoms with Crippen molar-refractivity contribution in [3.8, 4) is 12.1 Å². The van der Waals surface area contributed by atoms with Gasteiger partial charge in [0, 0.05) is 10.6 Å². The first-order chi connectivity index (χ1) is 9.50. The second-order valence-electron chi connectivity index (χ2n) is 3.70. The molecule has 0 heterocycles. The van der Waals surface area contributed by atoms with E-state index in [9.17, 15) is 26.3 Å². The maximum absolute atomic E-state index is 12.8. The average Bonchev–Trinajstić information content (AvgIpc) is 2.34. The fourth-order valence-electron chi connectivity index (χ4n) is 1.40. The molecule has 0 radical (unpaired) electrons. The van der Waals surface area contributed by atoms with Crippen molar-refractivity contribution in [1.82, 2.24) is 0 Å². The fraction of sp³-hybridized carbons (Fsp3) is 0.167. The molecule has 0 amide bonds. The van der Waals surface area contributed by atoms with Gasteiger partial charge in [-0.2, -0.15) is 36.9 Å². The first kappa shape index (κ1) is 16.9. The highest BCUT2D eigenvalue weighted by atomic mass is 35.5. The Balaban J connectivity index is 3.71. The minimum absolute atomic E-state index is 0.121. The van der Waals surface area contributed by atoms with Crippen LogP contribution in [-0.4, -0.2) is 0 Å². The first-order valence-electron chi connectivity index (χ1n) is 5.00. The molecule has 0 bridgehead atoms. The Morgan fingerprint density at radius 2 is 1.52 bits per heavy atom. The van der Waals surface area contributed by atoms with E-state index in [1.54, 1.807) is 0 Å². The van der Waals surface area contributed by atoms with Crippen LogP contribution in [0.1, 0.15) is 16.7 Å². The minimum Gasteiger partial charge on any atom is -0.192 e. The van der Waals surface area contributed by atoms with Gasteiger partial charge in [0.15, 0.2) is 0 Å². The normalized spacial score (nSPS) is 11.5. The van der Waals surface area contributed by atoms with Gasteiger partial charge in [0.05, 0.1) is 11.1 Å². The molecule has 1 aromatic carbocycles. The van der Waals surface area contributed by atoms with Crippen molar-refractivity contribution in [2.24, 2.45) is 0 Å². The number of rotatable bonds is 1. The van der Waals surface area contributed by atoms with Gasteiger partial charge >= 0.3 is 12.4 Å². The van der Waals surface area contributed by atoms with Gasteiger partial charge in [-0.3, -0.25) is 0 Å². The molecule has 0 aromatic heterocycles. The summed E-state index contributed by atoms with van der Waals surface area (Å²) in [6.45, 7) is 0. The lowest BCUT2D eigenvalue weighted by Crippen LogP contribution is -2.13. The highest BCUT2D eigenvalue weighted by molar-refractivity contribution is 6.32. The minimum atomic E-state index is -5.13. The molecule has 110 valence electrons. The third-order valence-corrected chi connectivity index (χ3v) is 2.60. The molecule has 0 aliphatic carbocycles. The van der Waals surface area contributed by atoms with Crippen LogP contribution in [0.25, 0.3) is 6.08 Å². The van der Waals surface area contributed by atoms with Crippen LogP contribution in [0.5, 0.6) is 0 Å². The number of allylic oxidation sites excluding steroid dienone is 1. The second-order valence-corrected chi connectivity index (χ2v) is 4.10. The molecule has 0 aliphatic rings. The topological polar surface area (TPSA) is 47.6 Å². The number of nitriles is 2. The molecule has 1 aromatic rings. The van der Waals surface area contributed by atoms with Crippen LogP contribution in [0.4, 0.5) is 26.3 Å². The summed E-state index contributed by atoms with van der Waals surface area (Å²) in [6.07, 6.45) is -9.66. The zero-order chi connectivity index (χ0) is 16.4. The number of halogens is 7. The Morgan fingerprint density at radius 1 is 1.00 bits per heavy atom. The van der Waals surface area contributed by atoms with Crippen molar-refractivity contribution in [3.05, 3.63) is 39.4 Å². The van der Waals surface area contributed by atoms with E-state index >= 15 is 0 Å².